The lowest BCUT2D eigenvalue weighted by Crippen LogP contribution is -2.41. The lowest BCUT2D eigenvalue weighted by molar-refractivity contribution is -0.147. The van der Waals surface area contributed by atoms with Crippen LogP contribution < -0.4 is 0 Å². The molecule has 7 heteroatoms. The summed E-state index contributed by atoms with van der Waals surface area (Å²) in [5.41, 5.74) is 0. The number of aliphatic carboxylic acids is 1. The third kappa shape index (κ3) is 4.83. The van der Waals surface area contributed by atoms with Crippen molar-refractivity contribution in [2.24, 2.45) is 0 Å². The van der Waals surface area contributed by atoms with Crippen LogP contribution in [0.2, 0.25) is 5.02 Å². The first-order valence-corrected chi connectivity index (χ1v) is 9.08. The largest absolute Gasteiger partial charge is 0.480 e. The Bertz CT molecular complexity index is 509. The molecular formula is C14H16ClNO3S2. The Morgan fingerprint density at radius 1 is 1.38 bits per heavy atom. The van der Waals surface area contributed by atoms with Gasteiger partial charge in [-0.25, -0.2) is 4.79 Å². The van der Waals surface area contributed by atoms with Crippen LogP contribution in [0, 0.1) is 0 Å². The minimum atomic E-state index is -0.913. The summed E-state index contributed by atoms with van der Waals surface area (Å²) in [6, 6.07) is 6.92. The van der Waals surface area contributed by atoms with Crippen molar-refractivity contribution in [2.45, 2.75) is 23.8 Å². The van der Waals surface area contributed by atoms with Crippen LogP contribution in [-0.2, 0) is 9.59 Å². The lowest BCUT2D eigenvalue weighted by atomic mass is 10.2. The average molecular weight is 346 g/mol. The number of thioether (sulfide) groups is 2. The van der Waals surface area contributed by atoms with Gasteiger partial charge in [0.2, 0.25) is 5.91 Å². The van der Waals surface area contributed by atoms with Crippen LogP contribution in [0.3, 0.4) is 0 Å². The molecule has 21 heavy (non-hydrogen) atoms. The maximum atomic E-state index is 12.0. The van der Waals surface area contributed by atoms with Crippen molar-refractivity contribution in [1.29, 1.82) is 0 Å². The van der Waals surface area contributed by atoms with Crippen LogP contribution in [0.5, 0.6) is 0 Å². The molecule has 1 aliphatic heterocycles. The smallest absolute Gasteiger partial charge is 0.327 e. The van der Waals surface area contributed by atoms with Crippen molar-refractivity contribution in [2.75, 3.05) is 17.4 Å². The van der Waals surface area contributed by atoms with Crippen molar-refractivity contribution in [3.8, 4) is 0 Å². The predicted molar refractivity (Wildman–Crippen MR) is 87.0 cm³/mol. The Morgan fingerprint density at radius 2 is 2.10 bits per heavy atom. The summed E-state index contributed by atoms with van der Waals surface area (Å²) < 4.78 is 0. The van der Waals surface area contributed by atoms with Crippen molar-refractivity contribution in [3.63, 3.8) is 0 Å². The topological polar surface area (TPSA) is 57.6 Å². The summed E-state index contributed by atoms with van der Waals surface area (Å²) in [5, 5.41) is 9.76. The van der Waals surface area contributed by atoms with E-state index < -0.39 is 12.0 Å². The highest BCUT2D eigenvalue weighted by molar-refractivity contribution is 7.99. The Kier molecular flexibility index (Phi) is 6.26. The van der Waals surface area contributed by atoms with Gasteiger partial charge >= 0.3 is 5.97 Å². The molecule has 1 aromatic rings. The quantitative estimate of drug-likeness (QED) is 0.633. The van der Waals surface area contributed by atoms with Crippen molar-refractivity contribution in [3.05, 3.63) is 29.3 Å². The molecule has 1 aromatic carbocycles. The third-order valence-corrected chi connectivity index (χ3v) is 5.47. The number of halogens is 1. The predicted octanol–water partition coefficient (Wildman–Crippen LogP) is 3.20. The fourth-order valence-corrected chi connectivity index (χ4v) is 4.13. The molecule has 0 aromatic heterocycles. The molecule has 4 nitrogen and oxygen atoms in total. The van der Waals surface area contributed by atoms with Crippen LogP contribution in [0.25, 0.3) is 0 Å². The number of rotatable bonds is 6. The number of hydrogen-bond donors (Lipinski definition) is 1. The van der Waals surface area contributed by atoms with E-state index in [1.165, 1.54) is 16.7 Å². The van der Waals surface area contributed by atoms with Crippen LogP contribution >= 0.6 is 35.1 Å². The molecular weight excluding hydrogens is 330 g/mol. The van der Waals surface area contributed by atoms with Gasteiger partial charge in [-0.2, -0.15) is 0 Å². The normalized spacial score (nSPS) is 18.0. The SMILES string of the molecule is O=C(O)[C@@H]1CSCN1C(=O)CCCSc1ccc(Cl)cc1. The monoisotopic (exact) mass is 345 g/mol. The summed E-state index contributed by atoms with van der Waals surface area (Å²) in [6.45, 7) is 0. The average Bonchev–Trinajstić information content (AvgIpc) is 2.95. The first-order chi connectivity index (χ1) is 10.1. The molecule has 0 bridgehead atoms. The van der Waals surface area contributed by atoms with E-state index in [2.05, 4.69) is 0 Å². The summed E-state index contributed by atoms with van der Waals surface area (Å²) in [6.07, 6.45) is 1.13. The summed E-state index contributed by atoms with van der Waals surface area (Å²) >= 11 is 8.98. The Hall–Kier alpha value is -0.850. The highest BCUT2D eigenvalue weighted by Crippen LogP contribution is 2.24. The van der Waals surface area contributed by atoms with Gasteiger partial charge in [0.1, 0.15) is 6.04 Å². The van der Waals surface area contributed by atoms with Gasteiger partial charge in [-0.1, -0.05) is 11.6 Å². The number of amides is 1. The Labute approximate surface area is 137 Å². The van der Waals surface area contributed by atoms with E-state index in [4.69, 9.17) is 16.7 Å². The van der Waals surface area contributed by atoms with Crippen molar-refractivity contribution >= 4 is 47.0 Å². The standard InChI is InChI=1S/C14H16ClNO3S2/c15-10-3-5-11(6-4-10)21-7-1-2-13(17)16-9-20-8-12(16)14(18)19/h3-6,12H,1-2,7-9H2,(H,18,19)/t12-/m0/s1. The number of hydrogen-bond acceptors (Lipinski definition) is 4. The Balaban J connectivity index is 1.72. The zero-order valence-electron chi connectivity index (χ0n) is 11.3. The van der Waals surface area contributed by atoms with Gasteiger partial charge in [0.15, 0.2) is 0 Å². The van der Waals surface area contributed by atoms with Gasteiger partial charge in [-0.15, -0.1) is 23.5 Å². The first kappa shape index (κ1) is 16.5. The van der Waals surface area contributed by atoms with Gasteiger partial charge < -0.3 is 10.0 Å². The number of benzene rings is 1. The fourth-order valence-electron chi connectivity index (χ4n) is 1.98. The molecule has 1 aliphatic rings. The molecule has 1 atom stereocenters. The van der Waals surface area contributed by atoms with E-state index in [0.29, 0.717) is 23.1 Å². The molecule has 0 saturated carbocycles. The molecule has 0 unspecified atom stereocenters. The van der Waals surface area contributed by atoms with E-state index in [-0.39, 0.29) is 5.91 Å². The number of nitrogens with zero attached hydrogens (tertiary/aromatic N) is 1. The second-order valence-electron chi connectivity index (χ2n) is 4.62. The van der Waals surface area contributed by atoms with E-state index in [0.717, 1.165) is 17.1 Å². The fraction of sp³-hybridized carbons (Fsp3) is 0.429. The summed E-state index contributed by atoms with van der Waals surface area (Å²) in [7, 11) is 0. The lowest BCUT2D eigenvalue weighted by Gasteiger charge is -2.20. The second-order valence-corrected chi connectivity index (χ2v) is 7.23. The third-order valence-electron chi connectivity index (χ3n) is 3.11. The summed E-state index contributed by atoms with van der Waals surface area (Å²) in [5.74, 6) is 0.820. The maximum absolute atomic E-state index is 12.0. The molecule has 1 fully saturated rings. The van der Waals surface area contributed by atoms with Crippen LogP contribution in [-0.4, -0.2) is 45.3 Å². The Morgan fingerprint density at radius 3 is 2.76 bits per heavy atom. The molecule has 1 saturated heterocycles. The van der Waals surface area contributed by atoms with Gasteiger partial charge in [0.05, 0.1) is 5.88 Å². The summed E-state index contributed by atoms with van der Waals surface area (Å²) in [4.78, 5) is 25.7. The highest BCUT2D eigenvalue weighted by atomic mass is 35.5. The van der Waals surface area contributed by atoms with Gasteiger partial charge in [-0.05, 0) is 36.4 Å². The van der Waals surface area contributed by atoms with E-state index in [1.807, 2.05) is 24.3 Å². The number of carbonyl (C=O) groups excluding carboxylic acids is 1. The number of carboxylic acids is 1. The molecule has 114 valence electrons. The van der Waals surface area contributed by atoms with Crippen molar-refractivity contribution < 1.29 is 14.7 Å². The highest BCUT2D eigenvalue weighted by Gasteiger charge is 2.33. The number of carbonyl (C=O) groups is 2. The molecule has 0 spiro atoms. The minimum absolute atomic E-state index is 0.0656. The molecule has 0 aliphatic carbocycles. The molecule has 1 amide bonds. The van der Waals surface area contributed by atoms with E-state index in [9.17, 15) is 9.59 Å². The molecule has 0 radical (unpaired) electrons. The first-order valence-electron chi connectivity index (χ1n) is 6.56. The van der Waals surface area contributed by atoms with Crippen LogP contribution in [0.4, 0.5) is 0 Å². The second kappa shape index (κ2) is 7.96. The number of carboxylic acid groups (broad SMARTS) is 1. The van der Waals surface area contributed by atoms with E-state index in [1.54, 1.807) is 11.8 Å². The molecule has 1 N–H and O–H groups in total. The van der Waals surface area contributed by atoms with Crippen molar-refractivity contribution in [1.82, 2.24) is 4.90 Å². The van der Waals surface area contributed by atoms with Gasteiger partial charge in [0.25, 0.3) is 0 Å². The zero-order chi connectivity index (χ0) is 15.2. The van der Waals surface area contributed by atoms with Gasteiger partial charge in [-0.3, -0.25) is 4.79 Å². The van der Waals surface area contributed by atoms with Crippen LogP contribution in [0.15, 0.2) is 29.2 Å². The molecule has 2 rings (SSSR count). The zero-order valence-corrected chi connectivity index (χ0v) is 13.7. The van der Waals surface area contributed by atoms with E-state index >= 15 is 0 Å². The minimum Gasteiger partial charge on any atom is -0.480 e. The van der Waals surface area contributed by atoms with Gasteiger partial charge in [0, 0.05) is 22.1 Å². The maximum Gasteiger partial charge on any atom is 0.327 e. The molecule has 1 heterocycles. The van der Waals surface area contributed by atoms with Crippen LogP contribution in [0.1, 0.15) is 12.8 Å².